The van der Waals surface area contributed by atoms with Crippen molar-refractivity contribution in [3.05, 3.63) is 57.3 Å². The molecule has 0 bridgehead atoms. The van der Waals surface area contributed by atoms with Crippen molar-refractivity contribution in [2.75, 3.05) is 11.9 Å². The fraction of sp³-hybridized carbons (Fsp3) is 0.188. The van der Waals surface area contributed by atoms with Crippen LogP contribution in [0.2, 0.25) is 5.02 Å². The molecule has 6 heteroatoms. The van der Waals surface area contributed by atoms with Gasteiger partial charge in [0.1, 0.15) is 11.6 Å². The van der Waals surface area contributed by atoms with Crippen molar-refractivity contribution in [2.45, 2.75) is 13.8 Å². The Morgan fingerprint density at radius 2 is 1.91 bits per heavy atom. The molecular weight excluding hydrogens is 373 g/mol. The lowest BCUT2D eigenvalue weighted by atomic mass is 10.1. The summed E-state index contributed by atoms with van der Waals surface area (Å²) in [5.74, 6) is -1.43. The van der Waals surface area contributed by atoms with E-state index in [9.17, 15) is 14.3 Å². The predicted molar refractivity (Wildman–Crippen MR) is 91.3 cm³/mol. The first-order valence-electron chi connectivity index (χ1n) is 6.62. The molecule has 22 heavy (non-hydrogen) atoms. The molecule has 2 rings (SSSR count). The van der Waals surface area contributed by atoms with Crippen molar-refractivity contribution in [3.63, 3.8) is 0 Å². The lowest BCUT2D eigenvalue weighted by molar-refractivity contribution is 0.0988. The number of benzene rings is 2. The summed E-state index contributed by atoms with van der Waals surface area (Å²) in [7, 11) is 1.44. The molecule has 2 aromatic rings. The maximum absolute atomic E-state index is 13.7. The van der Waals surface area contributed by atoms with Crippen LogP contribution in [0.1, 0.15) is 24.2 Å². The Kier molecular flexibility index (Phi) is 6.84. The number of halogens is 3. The molecule has 0 heterocycles. The molecule has 0 saturated heterocycles. The Hall–Kier alpha value is -1.59. The molecule has 1 amide bonds. The predicted octanol–water partition coefficient (Wildman–Crippen LogP) is 5.25. The number of nitrogens with zero attached hydrogens (tertiary/aromatic N) is 1. The van der Waals surface area contributed by atoms with Gasteiger partial charge in [-0.2, -0.15) is 0 Å². The number of phenolic OH excluding ortho intramolecular Hbond substituents is 1. The monoisotopic (exact) mass is 387 g/mol. The van der Waals surface area contributed by atoms with Gasteiger partial charge in [0.25, 0.3) is 5.91 Å². The molecule has 0 radical (unpaired) electrons. The van der Waals surface area contributed by atoms with Crippen LogP contribution in [0.25, 0.3) is 0 Å². The summed E-state index contributed by atoms with van der Waals surface area (Å²) in [5.41, 5.74) is 0.0384. The molecule has 2 aromatic carbocycles. The topological polar surface area (TPSA) is 40.5 Å². The fourth-order valence-electron chi connectivity index (χ4n) is 1.76. The summed E-state index contributed by atoms with van der Waals surface area (Å²) in [6.45, 7) is 4.00. The van der Waals surface area contributed by atoms with Gasteiger partial charge in [-0.1, -0.05) is 47.4 Å². The molecule has 0 aromatic heterocycles. The Morgan fingerprint density at radius 1 is 1.27 bits per heavy atom. The largest absolute Gasteiger partial charge is 0.506 e. The molecule has 118 valence electrons. The molecular formula is C16H16BrClFNO2. The molecule has 0 aliphatic rings. The summed E-state index contributed by atoms with van der Waals surface area (Å²) >= 11 is 9.07. The van der Waals surface area contributed by atoms with E-state index in [1.807, 2.05) is 13.8 Å². The van der Waals surface area contributed by atoms with Gasteiger partial charge in [0.05, 0.1) is 16.3 Å². The third-order valence-corrected chi connectivity index (χ3v) is 3.59. The molecule has 0 atom stereocenters. The van der Waals surface area contributed by atoms with Crippen LogP contribution >= 0.6 is 27.5 Å². The normalized spacial score (nSPS) is 9.73. The molecule has 0 unspecified atom stereocenters. The van der Waals surface area contributed by atoms with Gasteiger partial charge in [-0.3, -0.25) is 4.79 Å². The van der Waals surface area contributed by atoms with Gasteiger partial charge in [-0.05, 0) is 30.3 Å². The van der Waals surface area contributed by atoms with E-state index in [2.05, 4.69) is 15.9 Å². The first-order valence-corrected chi connectivity index (χ1v) is 7.79. The van der Waals surface area contributed by atoms with Gasteiger partial charge in [-0.15, -0.1) is 0 Å². The highest BCUT2D eigenvalue weighted by Gasteiger charge is 2.22. The van der Waals surface area contributed by atoms with E-state index in [1.165, 1.54) is 25.2 Å². The van der Waals surface area contributed by atoms with Crippen LogP contribution in [-0.2, 0) is 0 Å². The van der Waals surface area contributed by atoms with Crippen LogP contribution in [0.5, 0.6) is 5.75 Å². The van der Waals surface area contributed by atoms with E-state index in [0.29, 0.717) is 4.47 Å². The van der Waals surface area contributed by atoms with Crippen molar-refractivity contribution < 1.29 is 14.3 Å². The fourth-order valence-corrected chi connectivity index (χ4v) is 2.35. The third-order valence-electron chi connectivity index (χ3n) is 2.78. The van der Waals surface area contributed by atoms with Crippen molar-refractivity contribution >= 4 is 39.1 Å². The van der Waals surface area contributed by atoms with Crippen LogP contribution in [0, 0.1) is 5.82 Å². The second kappa shape index (κ2) is 8.15. The first kappa shape index (κ1) is 18.5. The highest BCUT2D eigenvalue weighted by Crippen LogP contribution is 2.31. The standard InChI is InChI=1S/C14H10BrClFNO2.C2H6/c1-18(11-6-5-8(15)7-12(11)19)14(20)13-9(16)3-2-4-10(13)17;1-2/h2-7,19H,1H3;1-2H3. The Balaban J connectivity index is 0.00000116. The molecule has 0 saturated carbocycles. The van der Waals surface area contributed by atoms with Crippen LogP contribution in [0.4, 0.5) is 10.1 Å². The number of rotatable bonds is 2. The average Bonchev–Trinajstić information content (AvgIpc) is 2.48. The summed E-state index contributed by atoms with van der Waals surface area (Å²) < 4.78 is 14.4. The summed E-state index contributed by atoms with van der Waals surface area (Å²) in [6.07, 6.45) is 0. The quantitative estimate of drug-likeness (QED) is 0.763. The number of carbonyl (C=O) groups is 1. The smallest absolute Gasteiger partial charge is 0.262 e. The minimum atomic E-state index is -0.703. The zero-order valence-electron chi connectivity index (χ0n) is 12.4. The Labute approximate surface area is 142 Å². The van der Waals surface area contributed by atoms with Gasteiger partial charge in [0.2, 0.25) is 0 Å². The van der Waals surface area contributed by atoms with Crippen LogP contribution < -0.4 is 4.90 Å². The minimum absolute atomic E-state index is 0.0263. The number of carbonyl (C=O) groups excluding carboxylic acids is 1. The minimum Gasteiger partial charge on any atom is -0.506 e. The molecule has 0 fully saturated rings. The summed E-state index contributed by atoms with van der Waals surface area (Å²) in [6, 6.07) is 8.68. The number of hydrogen-bond acceptors (Lipinski definition) is 2. The number of phenols is 1. The Morgan fingerprint density at radius 3 is 2.45 bits per heavy atom. The van der Waals surface area contributed by atoms with Crippen molar-refractivity contribution in [2.24, 2.45) is 0 Å². The zero-order chi connectivity index (χ0) is 16.9. The molecule has 3 nitrogen and oxygen atoms in total. The number of anilines is 1. The van der Waals surface area contributed by atoms with E-state index in [1.54, 1.807) is 12.1 Å². The van der Waals surface area contributed by atoms with Gasteiger partial charge in [-0.25, -0.2) is 4.39 Å². The van der Waals surface area contributed by atoms with Gasteiger partial charge < -0.3 is 10.0 Å². The van der Waals surface area contributed by atoms with Crippen molar-refractivity contribution in [3.8, 4) is 5.75 Å². The van der Waals surface area contributed by atoms with E-state index in [4.69, 9.17) is 11.6 Å². The van der Waals surface area contributed by atoms with Crippen LogP contribution in [0.15, 0.2) is 40.9 Å². The van der Waals surface area contributed by atoms with Gasteiger partial charge >= 0.3 is 0 Å². The van der Waals surface area contributed by atoms with Gasteiger partial charge in [0, 0.05) is 11.5 Å². The lowest BCUT2D eigenvalue weighted by Gasteiger charge is -2.19. The highest BCUT2D eigenvalue weighted by molar-refractivity contribution is 9.10. The number of aromatic hydroxyl groups is 1. The zero-order valence-corrected chi connectivity index (χ0v) is 14.7. The van der Waals surface area contributed by atoms with E-state index < -0.39 is 11.7 Å². The second-order valence-corrected chi connectivity index (χ2v) is 5.42. The molecule has 1 N–H and O–H groups in total. The molecule has 0 aliphatic carbocycles. The van der Waals surface area contributed by atoms with Crippen LogP contribution in [0.3, 0.4) is 0 Å². The number of hydrogen-bond donors (Lipinski definition) is 1. The SMILES string of the molecule is CC.CN(C(=O)c1c(F)cccc1Cl)c1ccc(Br)cc1O. The van der Waals surface area contributed by atoms with Crippen molar-refractivity contribution in [1.82, 2.24) is 0 Å². The van der Waals surface area contributed by atoms with E-state index in [-0.39, 0.29) is 22.0 Å². The highest BCUT2D eigenvalue weighted by atomic mass is 79.9. The number of amides is 1. The van der Waals surface area contributed by atoms with Crippen LogP contribution in [-0.4, -0.2) is 18.1 Å². The first-order chi connectivity index (χ1) is 10.4. The van der Waals surface area contributed by atoms with Gasteiger partial charge in [0.15, 0.2) is 0 Å². The lowest BCUT2D eigenvalue weighted by Crippen LogP contribution is -2.27. The van der Waals surface area contributed by atoms with E-state index >= 15 is 0 Å². The maximum Gasteiger partial charge on any atom is 0.262 e. The molecule has 0 spiro atoms. The second-order valence-electron chi connectivity index (χ2n) is 4.09. The van der Waals surface area contributed by atoms with E-state index in [0.717, 1.165) is 11.0 Å². The summed E-state index contributed by atoms with van der Waals surface area (Å²) in [5, 5.41) is 9.87. The Bertz CT molecular complexity index is 659. The summed E-state index contributed by atoms with van der Waals surface area (Å²) in [4.78, 5) is 13.4. The van der Waals surface area contributed by atoms with Crippen molar-refractivity contribution in [1.29, 1.82) is 0 Å². The third kappa shape index (κ3) is 3.99. The maximum atomic E-state index is 13.7. The molecule has 0 aliphatic heterocycles. The average molecular weight is 389 g/mol.